The zero-order valence-electron chi connectivity index (χ0n) is 16.3. The third-order valence-electron chi connectivity index (χ3n) is 4.81. The zero-order chi connectivity index (χ0) is 21.2. The molecule has 0 spiro atoms. The monoisotopic (exact) mass is 419 g/mol. The van der Waals surface area contributed by atoms with Crippen molar-refractivity contribution in [3.63, 3.8) is 0 Å². The van der Waals surface area contributed by atoms with Gasteiger partial charge in [-0.15, -0.1) is 0 Å². The van der Waals surface area contributed by atoms with E-state index in [2.05, 4.69) is 20.6 Å². The molecule has 1 amide bonds. The summed E-state index contributed by atoms with van der Waals surface area (Å²) in [6.07, 6.45) is 3.09. The minimum absolute atomic E-state index is 0.191. The molecule has 2 aromatic carbocycles. The SMILES string of the molecule is O=C(Nc1cnn(CC2COc3ccccc3O2)c1)c1cc(-c2ccc(F)cc2)n[nH]1. The fourth-order valence-electron chi connectivity index (χ4n) is 3.29. The van der Waals surface area contributed by atoms with Crippen LogP contribution in [-0.4, -0.2) is 38.6 Å². The molecule has 1 aliphatic heterocycles. The van der Waals surface area contributed by atoms with Gasteiger partial charge in [-0.3, -0.25) is 14.6 Å². The highest BCUT2D eigenvalue weighted by molar-refractivity contribution is 6.03. The predicted molar refractivity (Wildman–Crippen MR) is 111 cm³/mol. The molecule has 9 heteroatoms. The van der Waals surface area contributed by atoms with Crippen LogP contribution in [0.5, 0.6) is 11.5 Å². The van der Waals surface area contributed by atoms with Gasteiger partial charge in [0.05, 0.1) is 24.1 Å². The molecule has 1 atom stereocenters. The van der Waals surface area contributed by atoms with Gasteiger partial charge in [-0.1, -0.05) is 12.1 Å². The standard InChI is InChI=1S/C22H18FN5O3/c23-15-7-5-14(6-8-15)18-9-19(27-26-18)22(29)25-16-10-24-28(11-16)12-17-13-30-20-3-1-2-4-21(20)31-17/h1-11,17H,12-13H2,(H,25,29)(H,26,27). The van der Waals surface area contributed by atoms with Crippen molar-refractivity contribution >= 4 is 11.6 Å². The molecule has 0 bridgehead atoms. The summed E-state index contributed by atoms with van der Waals surface area (Å²) in [5, 5.41) is 13.9. The van der Waals surface area contributed by atoms with E-state index >= 15 is 0 Å². The summed E-state index contributed by atoms with van der Waals surface area (Å²) in [7, 11) is 0. The van der Waals surface area contributed by atoms with Crippen LogP contribution < -0.4 is 14.8 Å². The Morgan fingerprint density at radius 1 is 1.19 bits per heavy atom. The van der Waals surface area contributed by atoms with Crippen LogP contribution in [0.4, 0.5) is 10.1 Å². The summed E-state index contributed by atoms with van der Waals surface area (Å²) >= 11 is 0. The highest BCUT2D eigenvalue weighted by Gasteiger charge is 2.21. The second kappa shape index (κ2) is 7.94. The maximum Gasteiger partial charge on any atom is 0.273 e. The summed E-state index contributed by atoms with van der Waals surface area (Å²) in [5.41, 5.74) is 2.09. The van der Waals surface area contributed by atoms with Crippen LogP contribution in [0.1, 0.15) is 10.5 Å². The van der Waals surface area contributed by atoms with Crippen LogP contribution in [0.2, 0.25) is 0 Å². The van der Waals surface area contributed by atoms with E-state index < -0.39 is 0 Å². The molecular weight excluding hydrogens is 401 g/mol. The van der Waals surface area contributed by atoms with E-state index in [0.717, 1.165) is 5.75 Å². The fourth-order valence-corrected chi connectivity index (χ4v) is 3.29. The molecule has 3 heterocycles. The molecule has 4 aromatic rings. The van der Waals surface area contributed by atoms with Gasteiger partial charge >= 0.3 is 0 Å². The van der Waals surface area contributed by atoms with Crippen molar-refractivity contribution in [1.82, 2.24) is 20.0 Å². The van der Waals surface area contributed by atoms with E-state index in [1.165, 1.54) is 12.1 Å². The molecule has 156 valence electrons. The summed E-state index contributed by atoms with van der Waals surface area (Å²) in [6, 6.07) is 15.0. The van der Waals surface area contributed by atoms with Crippen molar-refractivity contribution < 1.29 is 18.7 Å². The number of rotatable bonds is 5. The number of aromatic nitrogens is 4. The van der Waals surface area contributed by atoms with Gasteiger partial charge in [0.15, 0.2) is 17.6 Å². The third kappa shape index (κ3) is 4.11. The second-order valence-electron chi connectivity index (χ2n) is 7.08. The van der Waals surface area contributed by atoms with Crippen LogP contribution in [0, 0.1) is 5.82 Å². The number of aromatic amines is 1. The zero-order valence-corrected chi connectivity index (χ0v) is 16.3. The first kappa shape index (κ1) is 18.9. The van der Waals surface area contributed by atoms with Crippen molar-refractivity contribution in [2.45, 2.75) is 12.6 Å². The largest absolute Gasteiger partial charge is 0.486 e. The minimum atomic E-state index is -0.355. The van der Waals surface area contributed by atoms with E-state index in [4.69, 9.17) is 9.47 Å². The Morgan fingerprint density at radius 2 is 2.00 bits per heavy atom. The van der Waals surface area contributed by atoms with Gasteiger partial charge in [-0.05, 0) is 42.5 Å². The molecule has 0 aliphatic carbocycles. The first-order valence-electron chi connectivity index (χ1n) is 9.68. The van der Waals surface area contributed by atoms with Crippen molar-refractivity contribution in [3.8, 4) is 22.8 Å². The molecule has 31 heavy (non-hydrogen) atoms. The number of carbonyl (C=O) groups is 1. The number of carbonyl (C=O) groups excluding carboxylic acids is 1. The van der Waals surface area contributed by atoms with Crippen molar-refractivity contribution in [2.75, 3.05) is 11.9 Å². The van der Waals surface area contributed by atoms with Crippen molar-refractivity contribution in [1.29, 1.82) is 0 Å². The van der Waals surface area contributed by atoms with E-state index in [0.29, 0.717) is 35.8 Å². The van der Waals surface area contributed by atoms with Crippen molar-refractivity contribution in [2.24, 2.45) is 0 Å². The Bertz CT molecular complexity index is 1220. The molecular formula is C22H18FN5O3. The molecule has 1 aliphatic rings. The average molecular weight is 419 g/mol. The number of H-pyrrole nitrogens is 1. The second-order valence-corrected chi connectivity index (χ2v) is 7.08. The minimum Gasteiger partial charge on any atom is -0.486 e. The highest BCUT2D eigenvalue weighted by atomic mass is 19.1. The number of hydrogen-bond donors (Lipinski definition) is 2. The number of fused-ring (bicyclic) bond motifs is 1. The molecule has 0 saturated heterocycles. The Balaban J connectivity index is 1.21. The van der Waals surface area contributed by atoms with E-state index in [1.807, 2.05) is 24.3 Å². The fraction of sp³-hybridized carbons (Fsp3) is 0.136. The van der Waals surface area contributed by atoms with Crippen LogP contribution in [0.15, 0.2) is 67.0 Å². The van der Waals surface area contributed by atoms with Gasteiger partial charge < -0.3 is 14.8 Å². The first-order valence-corrected chi connectivity index (χ1v) is 9.68. The summed E-state index contributed by atoms with van der Waals surface area (Å²) < 4.78 is 26.4. The number of nitrogens with one attached hydrogen (secondary N) is 2. The average Bonchev–Trinajstić information content (AvgIpc) is 3.44. The quantitative estimate of drug-likeness (QED) is 0.516. The van der Waals surface area contributed by atoms with E-state index in [-0.39, 0.29) is 23.5 Å². The Kier molecular flexibility index (Phi) is 4.83. The van der Waals surface area contributed by atoms with Gasteiger partial charge in [0.2, 0.25) is 0 Å². The lowest BCUT2D eigenvalue weighted by molar-refractivity contribution is 0.0759. The van der Waals surface area contributed by atoms with Gasteiger partial charge in [-0.2, -0.15) is 10.2 Å². The number of nitrogens with zero attached hydrogens (tertiary/aromatic N) is 3. The lowest BCUT2D eigenvalue weighted by Crippen LogP contribution is -2.33. The normalized spacial score (nSPS) is 14.9. The highest BCUT2D eigenvalue weighted by Crippen LogP contribution is 2.31. The summed E-state index contributed by atoms with van der Waals surface area (Å²) in [5.74, 6) is 0.748. The third-order valence-corrected chi connectivity index (χ3v) is 4.81. The smallest absolute Gasteiger partial charge is 0.273 e. The molecule has 2 N–H and O–H groups in total. The number of halogens is 1. The van der Waals surface area contributed by atoms with E-state index in [9.17, 15) is 9.18 Å². The van der Waals surface area contributed by atoms with Crippen LogP contribution >= 0.6 is 0 Å². The first-order chi connectivity index (χ1) is 15.1. The maximum absolute atomic E-state index is 13.1. The van der Waals surface area contributed by atoms with Crippen molar-refractivity contribution in [3.05, 3.63) is 78.5 Å². The number of hydrogen-bond acceptors (Lipinski definition) is 5. The predicted octanol–water partition coefficient (Wildman–Crippen LogP) is 3.50. The number of ether oxygens (including phenoxy) is 2. The molecule has 0 radical (unpaired) electrons. The summed E-state index contributed by atoms with van der Waals surface area (Å²) in [4.78, 5) is 12.5. The van der Waals surface area contributed by atoms with Gasteiger partial charge in [0.1, 0.15) is 18.1 Å². The molecule has 8 nitrogen and oxygen atoms in total. The Morgan fingerprint density at radius 3 is 2.84 bits per heavy atom. The molecule has 0 fully saturated rings. The lowest BCUT2D eigenvalue weighted by atomic mass is 10.1. The lowest BCUT2D eigenvalue weighted by Gasteiger charge is -2.26. The number of anilines is 1. The Labute approximate surface area is 176 Å². The molecule has 2 aromatic heterocycles. The van der Waals surface area contributed by atoms with Crippen LogP contribution in [0.3, 0.4) is 0 Å². The molecule has 0 saturated carbocycles. The maximum atomic E-state index is 13.1. The van der Waals surface area contributed by atoms with Gasteiger partial charge in [-0.25, -0.2) is 4.39 Å². The number of amides is 1. The topological polar surface area (TPSA) is 94.1 Å². The Hall–Kier alpha value is -4.14. The molecule has 1 unspecified atom stereocenters. The van der Waals surface area contributed by atoms with Gasteiger partial charge in [0, 0.05) is 11.8 Å². The molecule has 5 rings (SSSR count). The number of benzene rings is 2. The van der Waals surface area contributed by atoms with Crippen LogP contribution in [0.25, 0.3) is 11.3 Å². The van der Waals surface area contributed by atoms with Gasteiger partial charge in [0.25, 0.3) is 5.91 Å². The van der Waals surface area contributed by atoms with Crippen LogP contribution in [-0.2, 0) is 6.54 Å². The number of para-hydroxylation sites is 2. The van der Waals surface area contributed by atoms with E-state index in [1.54, 1.807) is 35.3 Å². The summed E-state index contributed by atoms with van der Waals surface area (Å²) in [6.45, 7) is 0.891.